The molecule has 130 valence electrons. The van der Waals surface area contributed by atoms with Crippen molar-refractivity contribution in [1.82, 2.24) is 10.3 Å². The van der Waals surface area contributed by atoms with Crippen LogP contribution < -0.4 is 15.5 Å². The van der Waals surface area contributed by atoms with E-state index in [1.54, 1.807) is 0 Å². The summed E-state index contributed by atoms with van der Waals surface area (Å²) in [5.41, 5.74) is 1.25. The first kappa shape index (κ1) is 19.7. The van der Waals surface area contributed by atoms with Crippen molar-refractivity contribution >= 4 is 29.8 Å². The molecule has 0 bridgehead atoms. The van der Waals surface area contributed by atoms with Crippen LogP contribution in [0.25, 0.3) is 0 Å². The largest absolute Gasteiger partial charge is 0.368 e. The zero-order valence-electron chi connectivity index (χ0n) is 14.6. The number of nitrogens with zero attached hydrogens (tertiary/aromatic N) is 2. The minimum absolute atomic E-state index is 0. The van der Waals surface area contributed by atoms with Crippen molar-refractivity contribution < 1.29 is 4.79 Å². The number of hydrogen-bond acceptors (Lipinski definition) is 4. The maximum Gasteiger partial charge on any atom is 0.225 e. The van der Waals surface area contributed by atoms with Gasteiger partial charge in [0.2, 0.25) is 5.91 Å². The van der Waals surface area contributed by atoms with Crippen molar-refractivity contribution in [3.8, 4) is 0 Å². The summed E-state index contributed by atoms with van der Waals surface area (Å²) in [5, 5.41) is 6.23. The molecule has 1 aliphatic heterocycles. The number of rotatable bonds is 4. The molecule has 6 heteroatoms. The Morgan fingerprint density at radius 3 is 2.52 bits per heavy atom. The maximum absolute atomic E-state index is 12.1. The topological polar surface area (TPSA) is 57.3 Å². The van der Waals surface area contributed by atoms with Gasteiger partial charge in [-0.1, -0.05) is 27.7 Å². The molecule has 0 radical (unpaired) electrons. The third-order valence-corrected chi connectivity index (χ3v) is 4.47. The molecule has 1 aliphatic rings. The third-order valence-electron chi connectivity index (χ3n) is 4.47. The predicted octanol–water partition coefficient (Wildman–Crippen LogP) is 2.92. The minimum Gasteiger partial charge on any atom is -0.368 e. The number of pyridine rings is 1. The van der Waals surface area contributed by atoms with Crippen molar-refractivity contribution in [2.45, 2.75) is 34.1 Å². The van der Waals surface area contributed by atoms with E-state index in [-0.39, 0.29) is 23.7 Å². The molecule has 2 rings (SSSR count). The normalized spacial score (nSPS) is 16.4. The van der Waals surface area contributed by atoms with Gasteiger partial charge >= 0.3 is 0 Å². The second-order valence-corrected chi connectivity index (χ2v) is 7.16. The second-order valence-electron chi connectivity index (χ2n) is 7.16. The molecule has 0 aromatic carbocycles. The summed E-state index contributed by atoms with van der Waals surface area (Å²) < 4.78 is 0. The average molecular weight is 341 g/mol. The summed E-state index contributed by atoms with van der Waals surface area (Å²) in [7, 11) is 0. The van der Waals surface area contributed by atoms with Crippen LogP contribution in [0.15, 0.2) is 18.3 Å². The summed E-state index contributed by atoms with van der Waals surface area (Å²) in [5.74, 6) is 0.988. The second kappa shape index (κ2) is 8.50. The van der Waals surface area contributed by atoms with Gasteiger partial charge in [-0.2, -0.15) is 0 Å². The number of carbonyl (C=O) groups is 1. The maximum atomic E-state index is 12.1. The molecule has 1 atom stereocenters. The van der Waals surface area contributed by atoms with Gasteiger partial charge in [-0.25, -0.2) is 4.98 Å². The predicted molar refractivity (Wildman–Crippen MR) is 98.4 cm³/mol. The van der Waals surface area contributed by atoms with Crippen molar-refractivity contribution in [2.75, 3.05) is 36.4 Å². The Hall–Kier alpha value is -1.33. The molecule has 0 aliphatic carbocycles. The summed E-state index contributed by atoms with van der Waals surface area (Å²) in [6.45, 7) is 12.6. The molecule has 0 saturated carbocycles. The SMILES string of the molecule is CC(CC(=O)Nc1ccc(N2CCNCC2)cn1)C(C)(C)C.Cl. The van der Waals surface area contributed by atoms with Crippen LogP contribution in [0.1, 0.15) is 34.1 Å². The van der Waals surface area contributed by atoms with Crippen LogP contribution in [0.3, 0.4) is 0 Å². The Kier molecular flexibility index (Phi) is 7.29. The highest BCUT2D eigenvalue weighted by molar-refractivity contribution is 5.90. The van der Waals surface area contributed by atoms with Crippen molar-refractivity contribution in [3.63, 3.8) is 0 Å². The van der Waals surface area contributed by atoms with Crippen LogP contribution in [0, 0.1) is 11.3 Å². The number of amides is 1. The molecular formula is C17H29ClN4O. The van der Waals surface area contributed by atoms with E-state index in [4.69, 9.17) is 0 Å². The fraction of sp³-hybridized carbons (Fsp3) is 0.647. The number of piperazine rings is 1. The number of anilines is 2. The van der Waals surface area contributed by atoms with Gasteiger partial charge in [-0.3, -0.25) is 4.79 Å². The lowest BCUT2D eigenvalue weighted by Gasteiger charge is -2.29. The molecule has 0 spiro atoms. The van der Waals surface area contributed by atoms with E-state index >= 15 is 0 Å². The minimum atomic E-state index is 0. The van der Waals surface area contributed by atoms with E-state index in [1.807, 2.05) is 18.3 Å². The van der Waals surface area contributed by atoms with Gasteiger partial charge in [0.1, 0.15) is 5.82 Å². The molecule has 1 unspecified atom stereocenters. The molecule has 1 aromatic heterocycles. The number of carbonyl (C=O) groups excluding carboxylic acids is 1. The Morgan fingerprint density at radius 2 is 2.00 bits per heavy atom. The summed E-state index contributed by atoms with van der Waals surface area (Å²) >= 11 is 0. The van der Waals surface area contributed by atoms with Gasteiger partial charge in [0, 0.05) is 32.6 Å². The first-order valence-electron chi connectivity index (χ1n) is 8.08. The highest BCUT2D eigenvalue weighted by Gasteiger charge is 2.22. The smallest absolute Gasteiger partial charge is 0.225 e. The van der Waals surface area contributed by atoms with Gasteiger partial charge < -0.3 is 15.5 Å². The lowest BCUT2D eigenvalue weighted by atomic mass is 9.80. The van der Waals surface area contributed by atoms with E-state index in [1.165, 1.54) is 0 Å². The van der Waals surface area contributed by atoms with Gasteiger partial charge in [0.15, 0.2) is 0 Å². The number of halogens is 1. The third kappa shape index (κ3) is 5.99. The number of aromatic nitrogens is 1. The van der Waals surface area contributed by atoms with Gasteiger partial charge in [-0.05, 0) is 23.5 Å². The molecule has 1 amide bonds. The van der Waals surface area contributed by atoms with Gasteiger partial charge in [0.05, 0.1) is 11.9 Å². The van der Waals surface area contributed by atoms with Crippen LogP contribution in [-0.2, 0) is 4.79 Å². The van der Waals surface area contributed by atoms with E-state index in [2.05, 4.69) is 48.2 Å². The van der Waals surface area contributed by atoms with Gasteiger partial charge in [-0.15, -0.1) is 12.4 Å². The summed E-state index contributed by atoms with van der Waals surface area (Å²) in [4.78, 5) is 18.8. The Balaban J connectivity index is 0.00000264. The molecule has 1 saturated heterocycles. The molecule has 5 nitrogen and oxygen atoms in total. The molecule has 2 heterocycles. The molecule has 23 heavy (non-hydrogen) atoms. The standard InChI is InChI=1S/C17H28N4O.ClH/c1-13(17(2,3)4)11-16(22)20-15-6-5-14(12-19-15)21-9-7-18-8-10-21;/h5-6,12-13,18H,7-11H2,1-4H3,(H,19,20,22);1H. The highest BCUT2D eigenvalue weighted by atomic mass is 35.5. The van der Waals surface area contributed by atoms with Crippen molar-refractivity contribution in [1.29, 1.82) is 0 Å². The average Bonchev–Trinajstić information content (AvgIpc) is 2.48. The van der Waals surface area contributed by atoms with Crippen LogP contribution >= 0.6 is 12.4 Å². The van der Waals surface area contributed by atoms with Crippen LogP contribution in [-0.4, -0.2) is 37.1 Å². The molecular weight excluding hydrogens is 312 g/mol. The van der Waals surface area contributed by atoms with E-state index < -0.39 is 0 Å². The first-order valence-corrected chi connectivity index (χ1v) is 8.08. The van der Waals surface area contributed by atoms with E-state index in [9.17, 15) is 4.79 Å². The fourth-order valence-electron chi connectivity index (χ4n) is 2.35. The zero-order valence-corrected chi connectivity index (χ0v) is 15.4. The zero-order chi connectivity index (χ0) is 16.2. The van der Waals surface area contributed by atoms with Crippen LogP contribution in [0.2, 0.25) is 0 Å². The van der Waals surface area contributed by atoms with Crippen molar-refractivity contribution in [3.05, 3.63) is 18.3 Å². The lowest BCUT2D eigenvalue weighted by Crippen LogP contribution is -2.43. The molecule has 2 N–H and O–H groups in total. The summed E-state index contributed by atoms with van der Waals surface area (Å²) in [6, 6.07) is 3.91. The number of hydrogen-bond donors (Lipinski definition) is 2. The lowest BCUT2D eigenvalue weighted by molar-refractivity contribution is -0.117. The van der Waals surface area contributed by atoms with Crippen LogP contribution in [0.4, 0.5) is 11.5 Å². The quantitative estimate of drug-likeness (QED) is 0.884. The van der Waals surface area contributed by atoms with Crippen LogP contribution in [0.5, 0.6) is 0 Å². The Labute approximate surface area is 145 Å². The first-order chi connectivity index (χ1) is 10.4. The summed E-state index contributed by atoms with van der Waals surface area (Å²) in [6.07, 6.45) is 2.36. The molecule has 1 fully saturated rings. The number of nitrogens with one attached hydrogen (secondary N) is 2. The Morgan fingerprint density at radius 1 is 1.35 bits per heavy atom. The fourth-order valence-corrected chi connectivity index (χ4v) is 2.35. The highest BCUT2D eigenvalue weighted by Crippen LogP contribution is 2.28. The van der Waals surface area contributed by atoms with Crippen molar-refractivity contribution in [2.24, 2.45) is 11.3 Å². The molecule has 1 aromatic rings. The van der Waals surface area contributed by atoms with Gasteiger partial charge in [0.25, 0.3) is 0 Å². The monoisotopic (exact) mass is 340 g/mol. The van der Waals surface area contributed by atoms with E-state index in [0.717, 1.165) is 31.9 Å². The van der Waals surface area contributed by atoms with E-state index in [0.29, 0.717) is 18.2 Å². The Bertz CT molecular complexity index is 492.